The molecule has 1 aromatic heterocycles. The van der Waals surface area contributed by atoms with Gasteiger partial charge in [0, 0.05) is 19.1 Å². The van der Waals surface area contributed by atoms with E-state index in [2.05, 4.69) is 42.3 Å². The summed E-state index contributed by atoms with van der Waals surface area (Å²) in [5.74, 6) is 1.16. The Balaban J connectivity index is 2.00. The molecule has 0 unspecified atom stereocenters. The molecule has 3 heteroatoms. The van der Waals surface area contributed by atoms with Gasteiger partial charge in [-0.15, -0.1) is 0 Å². The summed E-state index contributed by atoms with van der Waals surface area (Å²) in [5, 5.41) is 3.41. The summed E-state index contributed by atoms with van der Waals surface area (Å²) in [6, 6.07) is 7.15. The number of nitrogens with zero attached hydrogens (tertiary/aromatic N) is 2. The van der Waals surface area contributed by atoms with E-state index in [1.54, 1.807) is 0 Å². The molecule has 1 fully saturated rings. The van der Waals surface area contributed by atoms with Crippen LogP contribution in [-0.2, 0) is 6.54 Å². The van der Waals surface area contributed by atoms with E-state index in [0.29, 0.717) is 0 Å². The van der Waals surface area contributed by atoms with Gasteiger partial charge in [-0.25, -0.2) is 4.98 Å². The van der Waals surface area contributed by atoms with E-state index >= 15 is 0 Å². The Bertz CT molecular complexity index is 361. The van der Waals surface area contributed by atoms with Gasteiger partial charge in [-0.05, 0) is 44.4 Å². The predicted molar refractivity (Wildman–Crippen MR) is 76.9 cm³/mol. The number of hydrogen-bond acceptors (Lipinski definition) is 3. The molecule has 1 aromatic rings. The lowest BCUT2D eigenvalue weighted by molar-refractivity contribution is 0.661. The van der Waals surface area contributed by atoms with Crippen LogP contribution in [0.2, 0.25) is 0 Å². The number of aromatic nitrogens is 1. The molecule has 0 spiro atoms. The number of pyridine rings is 1. The molecule has 1 heterocycles. The number of hydrogen-bond donors (Lipinski definition) is 1. The minimum Gasteiger partial charge on any atom is -0.354 e. The van der Waals surface area contributed by atoms with Crippen LogP contribution in [0.1, 0.15) is 45.2 Å². The monoisotopic (exact) mass is 247 g/mol. The molecule has 1 aliphatic rings. The summed E-state index contributed by atoms with van der Waals surface area (Å²) < 4.78 is 0. The minimum atomic E-state index is 0.747. The quantitative estimate of drug-likeness (QED) is 0.716. The molecule has 100 valence electrons. The number of anilines is 1. The Morgan fingerprint density at radius 1 is 1.28 bits per heavy atom. The minimum absolute atomic E-state index is 0.747. The van der Waals surface area contributed by atoms with Gasteiger partial charge in [0.25, 0.3) is 0 Å². The fourth-order valence-electron chi connectivity index (χ4n) is 2.23. The van der Waals surface area contributed by atoms with E-state index in [-0.39, 0.29) is 0 Å². The van der Waals surface area contributed by atoms with E-state index in [0.717, 1.165) is 37.2 Å². The Kier molecular flexibility index (Phi) is 5.00. The molecule has 1 aliphatic carbocycles. The largest absolute Gasteiger partial charge is 0.354 e. The SMILES string of the molecule is CCCNCc1cccc(N(CCC)C2CC2)n1. The zero-order valence-electron chi connectivity index (χ0n) is 11.7. The first kappa shape index (κ1) is 13.3. The highest BCUT2D eigenvalue weighted by Gasteiger charge is 2.29. The lowest BCUT2D eigenvalue weighted by Gasteiger charge is -2.23. The Morgan fingerprint density at radius 2 is 2.11 bits per heavy atom. The van der Waals surface area contributed by atoms with Crippen molar-refractivity contribution in [2.24, 2.45) is 0 Å². The summed E-state index contributed by atoms with van der Waals surface area (Å²) in [5.41, 5.74) is 1.16. The van der Waals surface area contributed by atoms with Crippen LogP contribution in [0, 0.1) is 0 Å². The van der Waals surface area contributed by atoms with E-state index < -0.39 is 0 Å². The molecule has 0 bridgehead atoms. The second-order valence-corrected chi connectivity index (χ2v) is 5.09. The van der Waals surface area contributed by atoms with Crippen LogP contribution in [-0.4, -0.2) is 24.1 Å². The average Bonchev–Trinajstić information content (AvgIpc) is 3.21. The molecule has 1 N–H and O–H groups in total. The van der Waals surface area contributed by atoms with Crippen LogP contribution in [0.15, 0.2) is 18.2 Å². The van der Waals surface area contributed by atoms with Gasteiger partial charge in [-0.3, -0.25) is 0 Å². The van der Waals surface area contributed by atoms with Crippen LogP contribution in [0.3, 0.4) is 0 Å². The molecule has 18 heavy (non-hydrogen) atoms. The first-order valence-corrected chi connectivity index (χ1v) is 7.28. The zero-order valence-corrected chi connectivity index (χ0v) is 11.7. The van der Waals surface area contributed by atoms with Gasteiger partial charge in [0.2, 0.25) is 0 Å². The molecule has 0 amide bonds. The van der Waals surface area contributed by atoms with Crippen molar-refractivity contribution < 1.29 is 0 Å². The van der Waals surface area contributed by atoms with Crippen molar-refractivity contribution in [3.8, 4) is 0 Å². The smallest absolute Gasteiger partial charge is 0.129 e. The highest BCUT2D eigenvalue weighted by atomic mass is 15.2. The average molecular weight is 247 g/mol. The highest BCUT2D eigenvalue weighted by molar-refractivity contribution is 5.42. The second-order valence-electron chi connectivity index (χ2n) is 5.09. The molecule has 0 radical (unpaired) electrons. The van der Waals surface area contributed by atoms with Crippen molar-refractivity contribution in [3.63, 3.8) is 0 Å². The van der Waals surface area contributed by atoms with Crippen molar-refractivity contribution in [2.45, 2.75) is 52.1 Å². The van der Waals surface area contributed by atoms with Crippen LogP contribution in [0.5, 0.6) is 0 Å². The molecular formula is C15H25N3. The maximum Gasteiger partial charge on any atom is 0.129 e. The highest BCUT2D eigenvalue weighted by Crippen LogP contribution is 2.30. The molecule has 2 rings (SSSR count). The molecule has 3 nitrogen and oxygen atoms in total. The summed E-state index contributed by atoms with van der Waals surface area (Å²) >= 11 is 0. The molecule has 0 atom stereocenters. The van der Waals surface area contributed by atoms with Gasteiger partial charge in [0.1, 0.15) is 5.82 Å². The summed E-state index contributed by atoms with van der Waals surface area (Å²) in [6.45, 7) is 7.50. The third-order valence-corrected chi connectivity index (χ3v) is 3.27. The Morgan fingerprint density at radius 3 is 2.78 bits per heavy atom. The first-order chi connectivity index (χ1) is 8.85. The molecule has 0 aliphatic heterocycles. The molecule has 1 saturated carbocycles. The van der Waals surface area contributed by atoms with Crippen LogP contribution in [0.25, 0.3) is 0 Å². The standard InChI is InChI=1S/C15H25N3/c1-3-10-16-12-13-6-5-7-15(17-13)18(11-4-2)14-8-9-14/h5-7,14,16H,3-4,8-12H2,1-2H3. The van der Waals surface area contributed by atoms with E-state index in [9.17, 15) is 0 Å². The van der Waals surface area contributed by atoms with Crippen LogP contribution in [0.4, 0.5) is 5.82 Å². The zero-order chi connectivity index (χ0) is 12.8. The van der Waals surface area contributed by atoms with Crippen molar-refractivity contribution in [1.29, 1.82) is 0 Å². The maximum atomic E-state index is 4.79. The number of rotatable bonds is 8. The van der Waals surface area contributed by atoms with Crippen LogP contribution < -0.4 is 10.2 Å². The Hall–Kier alpha value is -1.09. The lowest BCUT2D eigenvalue weighted by Crippen LogP contribution is -2.27. The van der Waals surface area contributed by atoms with Crippen molar-refractivity contribution in [2.75, 3.05) is 18.0 Å². The summed E-state index contributed by atoms with van der Waals surface area (Å²) in [6.07, 6.45) is 5.03. The van der Waals surface area contributed by atoms with Gasteiger partial charge < -0.3 is 10.2 Å². The fraction of sp³-hybridized carbons (Fsp3) is 0.667. The van der Waals surface area contributed by atoms with Gasteiger partial charge in [-0.2, -0.15) is 0 Å². The van der Waals surface area contributed by atoms with Crippen LogP contribution >= 0.6 is 0 Å². The van der Waals surface area contributed by atoms with Gasteiger partial charge in [-0.1, -0.05) is 19.9 Å². The third kappa shape index (κ3) is 3.70. The van der Waals surface area contributed by atoms with E-state index in [1.807, 2.05) is 0 Å². The second kappa shape index (κ2) is 6.74. The topological polar surface area (TPSA) is 28.2 Å². The van der Waals surface area contributed by atoms with E-state index in [1.165, 1.54) is 25.7 Å². The normalized spacial score (nSPS) is 14.8. The maximum absolute atomic E-state index is 4.79. The molecule has 0 aromatic carbocycles. The van der Waals surface area contributed by atoms with Crippen molar-refractivity contribution in [3.05, 3.63) is 23.9 Å². The van der Waals surface area contributed by atoms with E-state index in [4.69, 9.17) is 4.98 Å². The summed E-state index contributed by atoms with van der Waals surface area (Å²) in [7, 11) is 0. The lowest BCUT2D eigenvalue weighted by atomic mass is 10.3. The van der Waals surface area contributed by atoms with Crippen molar-refractivity contribution >= 4 is 5.82 Å². The predicted octanol–water partition coefficient (Wildman–Crippen LogP) is 2.96. The van der Waals surface area contributed by atoms with Crippen molar-refractivity contribution in [1.82, 2.24) is 10.3 Å². The summed E-state index contributed by atoms with van der Waals surface area (Å²) in [4.78, 5) is 7.26. The molecular weight excluding hydrogens is 222 g/mol. The van der Waals surface area contributed by atoms with Gasteiger partial charge >= 0.3 is 0 Å². The van der Waals surface area contributed by atoms with Gasteiger partial charge in [0.05, 0.1) is 5.69 Å². The van der Waals surface area contributed by atoms with Gasteiger partial charge in [0.15, 0.2) is 0 Å². The molecule has 0 saturated heterocycles. The Labute approximate surface area is 111 Å². The first-order valence-electron chi connectivity index (χ1n) is 7.28. The fourth-order valence-corrected chi connectivity index (χ4v) is 2.23. The number of nitrogens with one attached hydrogen (secondary N) is 1. The third-order valence-electron chi connectivity index (χ3n) is 3.27.